The molecule has 25 heavy (non-hydrogen) atoms. The summed E-state index contributed by atoms with van der Waals surface area (Å²) in [6.45, 7) is -0.116. The van der Waals surface area contributed by atoms with Gasteiger partial charge in [0.1, 0.15) is 11.3 Å². The maximum Gasteiger partial charge on any atom is 0.339 e. The molecule has 1 aliphatic rings. The zero-order chi connectivity index (χ0) is 17.2. The molecule has 1 aromatic heterocycles. The Balaban J connectivity index is 1.50. The van der Waals surface area contributed by atoms with Gasteiger partial charge in [-0.15, -0.1) is 0 Å². The van der Waals surface area contributed by atoms with Gasteiger partial charge in [-0.2, -0.15) is 0 Å². The average molecular weight is 335 g/mol. The molecule has 0 saturated heterocycles. The highest BCUT2D eigenvalue weighted by atomic mass is 16.5. The van der Waals surface area contributed by atoms with Crippen LogP contribution in [0.25, 0.3) is 11.0 Å². The Labute approximate surface area is 144 Å². The number of fused-ring (bicyclic) bond motifs is 3. The summed E-state index contributed by atoms with van der Waals surface area (Å²) in [7, 11) is 0. The number of benzene rings is 2. The fraction of sp³-hybridized carbons (Fsp3) is 0.200. The summed E-state index contributed by atoms with van der Waals surface area (Å²) in [5, 5.41) is 3.71. The minimum Gasteiger partial charge on any atom is -0.484 e. The van der Waals surface area contributed by atoms with Crippen molar-refractivity contribution in [2.75, 3.05) is 11.9 Å². The average Bonchev–Trinajstić information content (AvgIpc) is 3.11. The van der Waals surface area contributed by atoms with Crippen LogP contribution in [-0.2, 0) is 17.6 Å². The minimum atomic E-state index is -0.265. The maximum absolute atomic E-state index is 12.0. The molecule has 0 fully saturated rings. The lowest BCUT2D eigenvalue weighted by Gasteiger charge is -2.09. The van der Waals surface area contributed by atoms with Gasteiger partial charge in [-0.3, -0.25) is 4.79 Å². The first-order valence-corrected chi connectivity index (χ1v) is 8.27. The lowest BCUT2D eigenvalue weighted by Crippen LogP contribution is -2.20. The normalized spacial score (nSPS) is 12.8. The molecular weight excluding hydrogens is 318 g/mol. The van der Waals surface area contributed by atoms with Crippen molar-refractivity contribution in [3.05, 3.63) is 70.1 Å². The van der Waals surface area contributed by atoms with Gasteiger partial charge in [-0.05, 0) is 49.1 Å². The fourth-order valence-electron chi connectivity index (χ4n) is 3.22. The number of carbonyl (C=O) groups is 1. The van der Waals surface area contributed by atoms with E-state index in [1.54, 1.807) is 12.1 Å². The van der Waals surface area contributed by atoms with E-state index in [2.05, 4.69) is 5.32 Å². The SMILES string of the molecule is O=C(COc1ccc2c3c(c(=O)oc2c1)CCC3)Nc1ccccc1. The van der Waals surface area contributed by atoms with Crippen molar-refractivity contribution >= 4 is 22.6 Å². The van der Waals surface area contributed by atoms with Gasteiger partial charge in [-0.25, -0.2) is 4.79 Å². The van der Waals surface area contributed by atoms with Crippen LogP contribution in [0.1, 0.15) is 17.5 Å². The van der Waals surface area contributed by atoms with Gasteiger partial charge in [0.25, 0.3) is 5.91 Å². The van der Waals surface area contributed by atoms with Gasteiger partial charge in [0, 0.05) is 22.7 Å². The van der Waals surface area contributed by atoms with E-state index in [-0.39, 0.29) is 18.1 Å². The number of carbonyl (C=O) groups excluding carboxylic acids is 1. The first kappa shape index (κ1) is 15.4. The molecule has 3 aromatic rings. The lowest BCUT2D eigenvalue weighted by molar-refractivity contribution is -0.118. The molecule has 0 atom stereocenters. The van der Waals surface area contributed by atoms with Crippen molar-refractivity contribution in [1.29, 1.82) is 0 Å². The summed E-state index contributed by atoms with van der Waals surface area (Å²) >= 11 is 0. The largest absolute Gasteiger partial charge is 0.484 e. The molecule has 0 spiro atoms. The Bertz CT molecular complexity index is 992. The van der Waals surface area contributed by atoms with Crippen LogP contribution in [0, 0.1) is 0 Å². The highest BCUT2D eigenvalue weighted by Crippen LogP contribution is 2.29. The predicted molar refractivity (Wildman–Crippen MR) is 95.1 cm³/mol. The van der Waals surface area contributed by atoms with Gasteiger partial charge >= 0.3 is 5.63 Å². The Morgan fingerprint density at radius 1 is 1.08 bits per heavy atom. The number of aryl methyl sites for hydroxylation is 1. The molecule has 5 nitrogen and oxygen atoms in total. The molecular formula is C20H17NO4. The van der Waals surface area contributed by atoms with Crippen molar-refractivity contribution in [1.82, 2.24) is 0 Å². The molecule has 0 saturated carbocycles. The molecule has 0 aliphatic heterocycles. The van der Waals surface area contributed by atoms with E-state index in [0.29, 0.717) is 11.3 Å². The quantitative estimate of drug-likeness (QED) is 0.743. The van der Waals surface area contributed by atoms with Crippen molar-refractivity contribution in [3.63, 3.8) is 0 Å². The number of para-hydroxylation sites is 1. The van der Waals surface area contributed by atoms with E-state index in [1.165, 1.54) is 0 Å². The monoisotopic (exact) mass is 335 g/mol. The Morgan fingerprint density at radius 2 is 1.88 bits per heavy atom. The summed E-state index contributed by atoms with van der Waals surface area (Å²) in [6, 6.07) is 14.6. The lowest BCUT2D eigenvalue weighted by atomic mass is 10.1. The smallest absolute Gasteiger partial charge is 0.339 e. The summed E-state index contributed by atoms with van der Waals surface area (Å²) in [4.78, 5) is 24.0. The van der Waals surface area contributed by atoms with E-state index in [9.17, 15) is 9.59 Å². The summed E-state index contributed by atoms with van der Waals surface area (Å²) in [5.74, 6) is 0.249. The molecule has 1 amide bonds. The van der Waals surface area contributed by atoms with Gasteiger partial charge in [0.2, 0.25) is 0 Å². The van der Waals surface area contributed by atoms with Crippen LogP contribution in [0.15, 0.2) is 57.7 Å². The van der Waals surface area contributed by atoms with Crippen LogP contribution in [0.3, 0.4) is 0 Å². The van der Waals surface area contributed by atoms with Crippen LogP contribution < -0.4 is 15.7 Å². The minimum absolute atomic E-state index is 0.116. The molecule has 0 unspecified atom stereocenters. The Morgan fingerprint density at radius 3 is 2.72 bits per heavy atom. The molecule has 1 aliphatic carbocycles. The van der Waals surface area contributed by atoms with Gasteiger partial charge in [0.15, 0.2) is 6.61 Å². The number of nitrogens with one attached hydrogen (secondary N) is 1. The Kier molecular flexibility index (Phi) is 3.98. The van der Waals surface area contributed by atoms with Gasteiger partial charge in [0.05, 0.1) is 0 Å². The molecule has 1 heterocycles. The fourth-order valence-corrected chi connectivity index (χ4v) is 3.22. The molecule has 0 bridgehead atoms. The number of hydrogen-bond acceptors (Lipinski definition) is 4. The van der Waals surface area contributed by atoms with Crippen molar-refractivity contribution in [2.24, 2.45) is 0 Å². The van der Waals surface area contributed by atoms with Crippen LogP contribution in [0.2, 0.25) is 0 Å². The first-order chi connectivity index (χ1) is 12.2. The zero-order valence-corrected chi connectivity index (χ0v) is 13.6. The van der Waals surface area contributed by atoms with Gasteiger partial charge in [-0.1, -0.05) is 18.2 Å². The third-order valence-corrected chi connectivity index (χ3v) is 4.37. The van der Waals surface area contributed by atoms with Gasteiger partial charge < -0.3 is 14.5 Å². The summed E-state index contributed by atoms with van der Waals surface area (Å²) in [5.41, 5.74) is 2.84. The van der Waals surface area contributed by atoms with Crippen molar-refractivity contribution in [3.8, 4) is 5.75 Å². The number of ether oxygens (including phenoxy) is 1. The van der Waals surface area contributed by atoms with Crippen LogP contribution >= 0.6 is 0 Å². The standard InChI is InChI=1S/C20H17NO4/c22-19(21-13-5-2-1-3-6-13)12-24-14-9-10-16-15-7-4-8-17(15)20(23)25-18(16)11-14/h1-3,5-6,9-11H,4,7-8,12H2,(H,21,22). The molecule has 126 valence electrons. The predicted octanol–water partition coefficient (Wildman–Crippen LogP) is 3.30. The number of rotatable bonds is 4. The van der Waals surface area contributed by atoms with E-state index >= 15 is 0 Å². The second kappa shape index (κ2) is 6.43. The van der Waals surface area contributed by atoms with Crippen LogP contribution in [0.4, 0.5) is 5.69 Å². The highest BCUT2D eigenvalue weighted by Gasteiger charge is 2.19. The van der Waals surface area contributed by atoms with Crippen LogP contribution in [0.5, 0.6) is 5.75 Å². The third-order valence-electron chi connectivity index (χ3n) is 4.37. The second-order valence-electron chi connectivity index (χ2n) is 6.06. The molecule has 5 heteroatoms. The van der Waals surface area contributed by atoms with E-state index < -0.39 is 0 Å². The summed E-state index contributed by atoms with van der Waals surface area (Å²) in [6.07, 6.45) is 2.67. The molecule has 1 N–H and O–H groups in total. The molecule has 4 rings (SSSR count). The Hall–Kier alpha value is -3.08. The third kappa shape index (κ3) is 3.13. The van der Waals surface area contributed by atoms with Crippen molar-refractivity contribution in [2.45, 2.75) is 19.3 Å². The second-order valence-corrected chi connectivity index (χ2v) is 6.06. The molecule has 0 radical (unpaired) electrons. The molecule has 2 aromatic carbocycles. The van der Waals surface area contributed by atoms with E-state index in [0.717, 1.165) is 41.5 Å². The number of hydrogen-bond donors (Lipinski definition) is 1. The zero-order valence-electron chi connectivity index (χ0n) is 13.6. The van der Waals surface area contributed by atoms with Crippen LogP contribution in [-0.4, -0.2) is 12.5 Å². The maximum atomic E-state index is 12.0. The number of amides is 1. The topological polar surface area (TPSA) is 68.5 Å². The highest BCUT2D eigenvalue weighted by molar-refractivity contribution is 5.92. The van der Waals surface area contributed by atoms with Crippen molar-refractivity contribution < 1.29 is 13.9 Å². The van der Waals surface area contributed by atoms with E-state index in [1.807, 2.05) is 36.4 Å². The number of anilines is 1. The first-order valence-electron chi connectivity index (χ1n) is 8.27. The van der Waals surface area contributed by atoms with E-state index in [4.69, 9.17) is 9.15 Å². The summed E-state index contributed by atoms with van der Waals surface area (Å²) < 4.78 is 10.9.